The fraction of sp³-hybridized carbons (Fsp3) is 0.292. The van der Waals surface area contributed by atoms with Crippen molar-refractivity contribution in [2.24, 2.45) is 5.92 Å². The van der Waals surface area contributed by atoms with Crippen molar-refractivity contribution < 1.29 is 4.79 Å². The highest BCUT2D eigenvalue weighted by atomic mass is 16.2. The molecular weight excluding hydrogens is 362 g/mol. The standard InChI is InChI=1S/C24H23N3O2/c28-23-8-4-7-21-19-14-20(22(27(21)23)13-17-5-2-1-3-6-17)16-26(15-19)24(29)18-9-11-25-12-10-18/h1-12,19-20,22H,13-16H2/t19-,20+,22+/m1/s1. The van der Waals surface area contributed by atoms with E-state index in [0.717, 1.165) is 18.5 Å². The molecule has 2 bridgehead atoms. The van der Waals surface area contributed by atoms with Crippen LogP contribution in [0, 0.1) is 5.92 Å². The molecule has 4 heterocycles. The molecule has 1 amide bonds. The number of carbonyl (C=O) groups is 1. The molecular formula is C24H23N3O2. The van der Waals surface area contributed by atoms with E-state index in [-0.39, 0.29) is 29.3 Å². The van der Waals surface area contributed by atoms with Gasteiger partial charge in [-0.2, -0.15) is 0 Å². The topological polar surface area (TPSA) is 55.2 Å². The summed E-state index contributed by atoms with van der Waals surface area (Å²) in [4.78, 5) is 31.9. The molecule has 3 aromatic rings. The zero-order valence-corrected chi connectivity index (χ0v) is 16.1. The van der Waals surface area contributed by atoms with E-state index in [0.29, 0.717) is 18.7 Å². The van der Waals surface area contributed by atoms with Gasteiger partial charge in [-0.25, -0.2) is 0 Å². The second-order valence-corrected chi connectivity index (χ2v) is 8.05. The number of aromatic nitrogens is 2. The lowest BCUT2D eigenvalue weighted by Crippen LogP contribution is -2.51. The van der Waals surface area contributed by atoms with E-state index in [1.165, 1.54) is 5.56 Å². The number of amides is 1. The lowest BCUT2D eigenvalue weighted by molar-refractivity contribution is 0.0528. The molecule has 2 aliphatic rings. The minimum Gasteiger partial charge on any atom is -0.338 e. The molecule has 5 heteroatoms. The van der Waals surface area contributed by atoms with Gasteiger partial charge >= 0.3 is 0 Å². The summed E-state index contributed by atoms with van der Waals surface area (Å²) in [5.74, 6) is 0.500. The fourth-order valence-corrected chi connectivity index (χ4v) is 5.00. The van der Waals surface area contributed by atoms with E-state index in [1.807, 2.05) is 33.7 Å². The summed E-state index contributed by atoms with van der Waals surface area (Å²) >= 11 is 0. The van der Waals surface area contributed by atoms with Crippen LogP contribution in [0.1, 0.15) is 40.0 Å². The summed E-state index contributed by atoms with van der Waals surface area (Å²) in [6, 6.07) is 19.5. The number of carbonyl (C=O) groups excluding carboxylic acids is 1. The van der Waals surface area contributed by atoms with Crippen LogP contribution in [0.2, 0.25) is 0 Å². The Morgan fingerprint density at radius 1 is 0.966 bits per heavy atom. The van der Waals surface area contributed by atoms with Crippen LogP contribution in [-0.4, -0.2) is 33.4 Å². The minimum absolute atomic E-state index is 0.0484. The van der Waals surface area contributed by atoms with Gasteiger partial charge in [0.25, 0.3) is 11.5 Å². The molecule has 0 radical (unpaired) electrons. The van der Waals surface area contributed by atoms with Crippen molar-refractivity contribution >= 4 is 5.91 Å². The van der Waals surface area contributed by atoms with Gasteiger partial charge in [-0.3, -0.25) is 14.6 Å². The van der Waals surface area contributed by atoms with Gasteiger partial charge in [0.1, 0.15) is 0 Å². The fourth-order valence-electron chi connectivity index (χ4n) is 5.00. The molecule has 1 saturated heterocycles. The van der Waals surface area contributed by atoms with Crippen LogP contribution >= 0.6 is 0 Å². The molecule has 146 valence electrons. The summed E-state index contributed by atoms with van der Waals surface area (Å²) < 4.78 is 2.00. The van der Waals surface area contributed by atoms with Crippen LogP contribution in [0.25, 0.3) is 0 Å². The van der Waals surface area contributed by atoms with Crippen molar-refractivity contribution in [1.82, 2.24) is 14.5 Å². The highest BCUT2D eigenvalue weighted by Gasteiger charge is 2.41. The Balaban J connectivity index is 1.52. The van der Waals surface area contributed by atoms with Crippen LogP contribution in [0.15, 0.2) is 77.9 Å². The number of likely N-dealkylation sites (tertiary alicyclic amines) is 1. The third-order valence-electron chi connectivity index (χ3n) is 6.30. The molecule has 5 nitrogen and oxygen atoms in total. The number of nitrogens with zero attached hydrogens (tertiary/aromatic N) is 3. The lowest BCUT2D eigenvalue weighted by atomic mass is 9.76. The van der Waals surface area contributed by atoms with Crippen molar-refractivity contribution in [2.75, 3.05) is 13.1 Å². The first-order chi connectivity index (χ1) is 14.2. The minimum atomic E-state index is 0.0484. The molecule has 0 unspecified atom stereocenters. The molecule has 0 aliphatic carbocycles. The third kappa shape index (κ3) is 3.27. The lowest BCUT2D eigenvalue weighted by Gasteiger charge is -2.47. The number of rotatable bonds is 3. The number of pyridine rings is 2. The summed E-state index contributed by atoms with van der Waals surface area (Å²) in [5.41, 5.74) is 3.01. The smallest absolute Gasteiger partial charge is 0.253 e. The van der Waals surface area contributed by atoms with Crippen molar-refractivity contribution in [3.63, 3.8) is 0 Å². The zero-order valence-electron chi connectivity index (χ0n) is 16.1. The number of fused-ring (bicyclic) bond motifs is 4. The summed E-state index contributed by atoms with van der Waals surface area (Å²) in [6.45, 7) is 1.33. The predicted octanol–water partition coefficient (Wildman–Crippen LogP) is 3.29. The highest BCUT2D eigenvalue weighted by molar-refractivity contribution is 5.94. The Hall–Kier alpha value is -3.21. The van der Waals surface area contributed by atoms with E-state index in [2.05, 4.69) is 23.2 Å². The number of hydrogen-bond acceptors (Lipinski definition) is 3. The number of hydrogen-bond donors (Lipinski definition) is 0. The third-order valence-corrected chi connectivity index (χ3v) is 6.30. The molecule has 2 aromatic heterocycles. The van der Waals surface area contributed by atoms with Gasteiger partial charge < -0.3 is 9.47 Å². The summed E-state index contributed by atoms with van der Waals surface area (Å²) in [6.07, 6.45) is 5.13. The van der Waals surface area contributed by atoms with E-state index >= 15 is 0 Å². The van der Waals surface area contributed by atoms with E-state index in [4.69, 9.17) is 0 Å². The molecule has 0 saturated carbocycles. The van der Waals surface area contributed by atoms with Crippen LogP contribution in [0.4, 0.5) is 0 Å². The SMILES string of the molecule is O=C(c1ccncc1)N1C[C@H]2C[C@@H](C1)[C@H](Cc1ccccc1)n1c2cccc1=O. The van der Waals surface area contributed by atoms with Crippen molar-refractivity contribution in [3.8, 4) is 0 Å². The van der Waals surface area contributed by atoms with E-state index in [9.17, 15) is 9.59 Å². The van der Waals surface area contributed by atoms with Gasteiger partial charge in [0, 0.05) is 54.8 Å². The van der Waals surface area contributed by atoms with Crippen LogP contribution in [0.5, 0.6) is 0 Å². The molecule has 5 rings (SSSR count). The second-order valence-electron chi connectivity index (χ2n) is 8.05. The molecule has 2 aliphatic heterocycles. The molecule has 29 heavy (non-hydrogen) atoms. The van der Waals surface area contributed by atoms with Crippen LogP contribution in [0.3, 0.4) is 0 Å². The maximum Gasteiger partial charge on any atom is 0.253 e. The molecule has 1 fully saturated rings. The van der Waals surface area contributed by atoms with Gasteiger partial charge in [0.05, 0.1) is 0 Å². The Labute approximate surface area is 169 Å². The summed E-state index contributed by atoms with van der Waals surface area (Å²) in [7, 11) is 0. The first-order valence-electron chi connectivity index (χ1n) is 10.2. The van der Waals surface area contributed by atoms with Gasteiger partial charge in [0.15, 0.2) is 0 Å². The Morgan fingerprint density at radius 2 is 1.76 bits per heavy atom. The first kappa shape index (κ1) is 17.9. The van der Waals surface area contributed by atoms with Gasteiger partial charge in [-0.05, 0) is 42.5 Å². The predicted molar refractivity (Wildman–Crippen MR) is 111 cm³/mol. The molecule has 0 spiro atoms. The van der Waals surface area contributed by atoms with Crippen molar-refractivity contribution in [3.05, 3.63) is 100 Å². The average Bonchev–Trinajstić information content (AvgIpc) is 2.77. The Morgan fingerprint density at radius 3 is 2.55 bits per heavy atom. The molecule has 3 atom stereocenters. The van der Waals surface area contributed by atoms with Gasteiger partial charge in [-0.1, -0.05) is 36.4 Å². The molecule has 0 N–H and O–H groups in total. The van der Waals surface area contributed by atoms with Crippen molar-refractivity contribution in [1.29, 1.82) is 0 Å². The van der Waals surface area contributed by atoms with Gasteiger partial charge in [0.2, 0.25) is 0 Å². The van der Waals surface area contributed by atoms with Crippen LogP contribution in [-0.2, 0) is 6.42 Å². The highest BCUT2D eigenvalue weighted by Crippen LogP contribution is 2.42. The second kappa shape index (κ2) is 7.32. The Kier molecular flexibility index (Phi) is 4.51. The van der Waals surface area contributed by atoms with Gasteiger partial charge in [-0.15, -0.1) is 0 Å². The van der Waals surface area contributed by atoms with Crippen molar-refractivity contribution in [2.45, 2.75) is 24.8 Å². The van der Waals surface area contributed by atoms with E-state index in [1.54, 1.807) is 30.6 Å². The normalized spacial score (nSPS) is 22.8. The quantitative estimate of drug-likeness (QED) is 0.695. The maximum absolute atomic E-state index is 13.1. The zero-order chi connectivity index (χ0) is 19.8. The first-order valence-corrected chi connectivity index (χ1v) is 10.2. The number of benzene rings is 1. The number of piperidine rings is 1. The Bertz CT molecular complexity index is 1080. The monoisotopic (exact) mass is 385 g/mol. The molecule has 1 aromatic carbocycles. The average molecular weight is 385 g/mol. The summed E-state index contributed by atoms with van der Waals surface area (Å²) in [5, 5.41) is 0. The van der Waals surface area contributed by atoms with E-state index < -0.39 is 0 Å². The maximum atomic E-state index is 13.1. The largest absolute Gasteiger partial charge is 0.338 e. The van der Waals surface area contributed by atoms with Crippen LogP contribution < -0.4 is 5.56 Å².